The normalized spacial score (nSPS) is 13.8. The Balaban J connectivity index is 0.000000310. The smallest absolute Gasteiger partial charge is 0.0248 e. The van der Waals surface area contributed by atoms with Gasteiger partial charge in [0.25, 0.3) is 0 Å². The van der Waals surface area contributed by atoms with Crippen LogP contribution in [0, 0.1) is 0 Å². The quantitative estimate of drug-likeness (QED) is 0.642. The van der Waals surface area contributed by atoms with E-state index in [4.69, 9.17) is 8.76 Å². The van der Waals surface area contributed by atoms with Crippen LogP contribution in [0.15, 0.2) is 35.2 Å². The van der Waals surface area contributed by atoms with Gasteiger partial charge in [-0.25, -0.2) is 0 Å². The fraction of sp³-hybridized carbons (Fsp3) is 0.143. The van der Waals surface area contributed by atoms with Gasteiger partial charge in [0.15, 0.2) is 0 Å². The van der Waals surface area contributed by atoms with Crippen LogP contribution >= 0.6 is 0 Å². The van der Waals surface area contributed by atoms with Crippen molar-refractivity contribution in [3.63, 3.8) is 0 Å². The average Bonchev–Trinajstić information content (AvgIpc) is 2.05. The second kappa shape index (κ2) is 6.90. The molecule has 0 bridgehead atoms. The van der Waals surface area contributed by atoms with Gasteiger partial charge < -0.3 is 9.11 Å². The molecule has 0 aromatic heterocycles. The Morgan fingerprint density at radius 1 is 1.08 bits per heavy atom. The van der Waals surface area contributed by atoms with E-state index >= 15 is 0 Å². The lowest BCUT2D eigenvalue weighted by Gasteiger charge is -2.01. The summed E-state index contributed by atoms with van der Waals surface area (Å²) in [6.07, 6.45) is 1.08. The molecule has 2 unspecified atom stereocenters. The van der Waals surface area contributed by atoms with E-state index < -0.39 is 22.2 Å². The minimum Gasteiger partial charge on any atom is -0.773 e. The van der Waals surface area contributed by atoms with Crippen LogP contribution in [0.1, 0.15) is 0 Å². The maximum absolute atomic E-state index is 10.2. The molecule has 74 valence electrons. The molecule has 0 aliphatic carbocycles. The highest BCUT2D eigenvalue weighted by molar-refractivity contribution is 7.79. The molecule has 0 N–H and O–H groups in total. The summed E-state index contributed by atoms with van der Waals surface area (Å²) in [6.45, 7) is 0. The molecule has 13 heavy (non-hydrogen) atoms. The molecular formula is C7H8O4S2-2. The van der Waals surface area contributed by atoms with E-state index in [1.807, 2.05) is 0 Å². The van der Waals surface area contributed by atoms with Crippen LogP contribution in [0.2, 0.25) is 0 Å². The fourth-order valence-corrected chi connectivity index (χ4v) is 0.911. The van der Waals surface area contributed by atoms with Gasteiger partial charge in [0, 0.05) is 4.90 Å². The van der Waals surface area contributed by atoms with Crippen molar-refractivity contribution in [3.8, 4) is 0 Å². The van der Waals surface area contributed by atoms with E-state index in [0.717, 1.165) is 6.26 Å². The van der Waals surface area contributed by atoms with E-state index in [0.29, 0.717) is 4.90 Å². The van der Waals surface area contributed by atoms with E-state index in [9.17, 15) is 8.76 Å². The number of benzene rings is 1. The van der Waals surface area contributed by atoms with Gasteiger partial charge >= 0.3 is 0 Å². The van der Waals surface area contributed by atoms with Crippen LogP contribution in [0.5, 0.6) is 0 Å². The summed E-state index contributed by atoms with van der Waals surface area (Å²) >= 11 is -3.94. The molecule has 6 heteroatoms. The molecular weight excluding hydrogens is 212 g/mol. The summed E-state index contributed by atoms with van der Waals surface area (Å²) in [5.41, 5.74) is 0. The number of hydrogen-bond acceptors (Lipinski definition) is 4. The largest absolute Gasteiger partial charge is 0.773 e. The van der Waals surface area contributed by atoms with Gasteiger partial charge in [0.1, 0.15) is 0 Å². The van der Waals surface area contributed by atoms with Crippen molar-refractivity contribution in [2.24, 2.45) is 0 Å². The Morgan fingerprint density at radius 2 is 1.46 bits per heavy atom. The van der Waals surface area contributed by atoms with Gasteiger partial charge in [-0.2, -0.15) is 0 Å². The molecule has 4 nitrogen and oxygen atoms in total. The van der Waals surface area contributed by atoms with Gasteiger partial charge in [-0.05, 0) is 29.5 Å². The summed E-state index contributed by atoms with van der Waals surface area (Å²) in [5.74, 6) is 0. The third-order valence-electron chi connectivity index (χ3n) is 0.936. The standard InChI is InChI=1S/C6H6O2S.CH4O2S/c7-9(8)6-4-2-1-3-5-6;1-4(2)3/h1-5H,(H,7,8);1H3,(H,2,3)/p-2. The molecule has 0 spiro atoms. The van der Waals surface area contributed by atoms with Crippen molar-refractivity contribution >= 4 is 22.2 Å². The van der Waals surface area contributed by atoms with E-state index in [2.05, 4.69) is 0 Å². The lowest BCUT2D eigenvalue weighted by molar-refractivity contribution is 0.537. The average molecular weight is 220 g/mol. The monoisotopic (exact) mass is 220 g/mol. The highest BCUT2D eigenvalue weighted by Crippen LogP contribution is 2.00. The highest BCUT2D eigenvalue weighted by Gasteiger charge is 1.84. The summed E-state index contributed by atoms with van der Waals surface area (Å²) < 4.78 is 38.4. The summed E-state index contributed by atoms with van der Waals surface area (Å²) in [6, 6.07) is 8.23. The maximum Gasteiger partial charge on any atom is 0.0248 e. The molecule has 0 amide bonds. The van der Waals surface area contributed by atoms with Crippen molar-refractivity contribution in [1.29, 1.82) is 0 Å². The topological polar surface area (TPSA) is 80.3 Å². The number of rotatable bonds is 1. The van der Waals surface area contributed by atoms with Crippen LogP contribution in [0.25, 0.3) is 0 Å². The number of hydrogen-bond donors (Lipinski definition) is 0. The Morgan fingerprint density at radius 3 is 1.69 bits per heavy atom. The van der Waals surface area contributed by atoms with Gasteiger partial charge in [-0.15, -0.1) is 0 Å². The molecule has 0 heterocycles. The third kappa shape index (κ3) is 7.79. The van der Waals surface area contributed by atoms with Crippen LogP contribution in [-0.4, -0.2) is 23.8 Å². The molecule has 1 aromatic rings. The fourth-order valence-electron chi connectivity index (χ4n) is 0.532. The maximum atomic E-state index is 10.2. The first-order valence-electron chi connectivity index (χ1n) is 3.19. The lowest BCUT2D eigenvalue weighted by atomic mass is 10.4. The Kier molecular flexibility index (Phi) is 6.61. The van der Waals surface area contributed by atoms with Crippen molar-refractivity contribution in [3.05, 3.63) is 30.3 Å². The van der Waals surface area contributed by atoms with Gasteiger partial charge in [0.05, 0.1) is 0 Å². The predicted octanol–water partition coefficient (Wildman–Crippen LogP) is 0.420. The van der Waals surface area contributed by atoms with Crippen LogP contribution in [0.4, 0.5) is 0 Å². The third-order valence-corrected chi connectivity index (χ3v) is 1.59. The molecule has 0 aliphatic heterocycles. The van der Waals surface area contributed by atoms with Crippen LogP contribution in [-0.2, 0) is 22.2 Å². The van der Waals surface area contributed by atoms with Gasteiger partial charge in [0.2, 0.25) is 0 Å². The molecule has 0 fully saturated rings. The molecule has 0 saturated heterocycles. The van der Waals surface area contributed by atoms with Gasteiger partial charge in [-0.1, -0.05) is 29.3 Å². The Labute approximate surface area is 81.6 Å². The SMILES string of the molecule is CS(=O)[O-].O=S([O-])c1ccccc1. The highest BCUT2D eigenvalue weighted by atomic mass is 32.2. The van der Waals surface area contributed by atoms with Crippen LogP contribution in [0.3, 0.4) is 0 Å². The van der Waals surface area contributed by atoms with E-state index in [1.165, 1.54) is 0 Å². The summed E-state index contributed by atoms with van der Waals surface area (Å²) in [4.78, 5) is 0.331. The second-order valence-electron chi connectivity index (χ2n) is 1.95. The van der Waals surface area contributed by atoms with E-state index in [-0.39, 0.29) is 0 Å². The Hall–Kier alpha value is -0.560. The summed E-state index contributed by atoms with van der Waals surface area (Å²) in [5, 5.41) is 0. The van der Waals surface area contributed by atoms with Crippen molar-refractivity contribution in [1.82, 2.24) is 0 Å². The molecule has 0 radical (unpaired) electrons. The molecule has 2 atom stereocenters. The zero-order valence-electron chi connectivity index (χ0n) is 6.84. The van der Waals surface area contributed by atoms with Crippen molar-refractivity contribution < 1.29 is 17.5 Å². The van der Waals surface area contributed by atoms with Crippen molar-refractivity contribution in [2.45, 2.75) is 4.90 Å². The summed E-state index contributed by atoms with van der Waals surface area (Å²) in [7, 11) is 0. The minimum absolute atomic E-state index is 0.331. The lowest BCUT2D eigenvalue weighted by Crippen LogP contribution is -1.85. The molecule has 1 rings (SSSR count). The van der Waals surface area contributed by atoms with Gasteiger partial charge in [-0.3, -0.25) is 8.42 Å². The van der Waals surface area contributed by atoms with Crippen LogP contribution < -0.4 is 0 Å². The Bertz CT molecular complexity index is 282. The minimum atomic E-state index is -2.08. The molecule has 0 saturated carbocycles. The zero-order valence-corrected chi connectivity index (χ0v) is 8.47. The molecule has 0 aliphatic rings. The van der Waals surface area contributed by atoms with Crippen molar-refractivity contribution in [2.75, 3.05) is 6.26 Å². The second-order valence-corrected chi connectivity index (χ2v) is 3.69. The molecule has 1 aromatic carbocycles. The van der Waals surface area contributed by atoms with E-state index in [1.54, 1.807) is 30.3 Å². The predicted molar refractivity (Wildman–Crippen MR) is 48.5 cm³/mol. The first-order chi connectivity index (χ1) is 6.04. The zero-order chi connectivity index (χ0) is 10.3. The first kappa shape index (κ1) is 12.4. The first-order valence-corrected chi connectivity index (χ1v) is 5.75.